The van der Waals surface area contributed by atoms with Gasteiger partial charge in [-0.25, -0.2) is 4.79 Å². The molecule has 18 heavy (non-hydrogen) atoms. The summed E-state index contributed by atoms with van der Waals surface area (Å²) in [6, 6.07) is 1.15. The van der Waals surface area contributed by atoms with Crippen LogP contribution in [0.5, 0.6) is 0 Å². The summed E-state index contributed by atoms with van der Waals surface area (Å²) in [5.74, 6) is -3.83. The van der Waals surface area contributed by atoms with Crippen molar-refractivity contribution < 1.29 is 23.7 Å². The van der Waals surface area contributed by atoms with E-state index in [-0.39, 0.29) is 5.82 Å². The Kier molecular flexibility index (Phi) is 3.05. The number of halogens is 2. The van der Waals surface area contributed by atoms with Gasteiger partial charge in [0.25, 0.3) is 0 Å². The number of aromatic nitrogens is 2. The SMILES string of the molecule is Nc1cc[15n]([C@H]2O[C@H](CO)[C@@H](O)C2(F)F)[13c](=O)[15n]1. The summed E-state index contributed by atoms with van der Waals surface area (Å²) in [5.41, 5.74) is 4.21. The molecular formula is C9H11F2N3O4. The van der Waals surface area contributed by atoms with Crippen LogP contribution < -0.4 is 11.4 Å². The quantitative estimate of drug-likeness (QED) is 0.614. The van der Waals surface area contributed by atoms with Gasteiger partial charge in [0.2, 0.25) is 6.23 Å². The van der Waals surface area contributed by atoms with Crippen LogP contribution >= 0.6 is 0 Å². The van der Waals surface area contributed by atoms with E-state index in [4.69, 9.17) is 15.6 Å². The summed E-state index contributed by atoms with van der Waals surface area (Å²) in [5, 5.41) is 18.1. The molecule has 1 aromatic heterocycles. The van der Waals surface area contributed by atoms with Crippen molar-refractivity contribution in [2.45, 2.75) is 24.4 Å². The minimum Gasteiger partial charge on any atom is -0.394 e. The van der Waals surface area contributed by atoms with Crippen LogP contribution in [0, 0.1) is 0 Å². The second-order valence-corrected chi connectivity index (χ2v) is 3.87. The summed E-state index contributed by atoms with van der Waals surface area (Å²) in [6.07, 6.45) is -4.69. The second-order valence-electron chi connectivity index (χ2n) is 3.87. The molecule has 0 unspecified atom stereocenters. The molecule has 1 saturated heterocycles. The van der Waals surface area contributed by atoms with Crippen molar-refractivity contribution in [2.24, 2.45) is 0 Å². The monoisotopic (exact) mass is 266 g/mol. The summed E-state index contributed by atoms with van der Waals surface area (Å²) in [7, 11) is 0. The van der Waals surface area contributed by atoms with E-state index in [1.54, 1.807) is 0 Å². The predicted molar refractivity (Wildman–Crippen MR) is 54.9 cm³/mol. The van der Waals surface area contributed by atoms with Gasteiger partial charge < -0.3 is 20.7 Å². The number of aliphatic hydroxyl groups excluding tert-OH is 2. The van der Waals surface area contributed by atoms with Crippen LogP contribution in [-0.2, 0) is 4.74 Å². The number of nitrogens with two attached hydrogens (primary N) is 1. The summed E-state index contributed by atoms with van der Waals surface area (Å²) >= 11 is 0. The lowest BCUT2D eigenvalue weighted by molar-refractivity contribution is -0.140. The maximum absolute atomic E-state index is 13.7. The molecule has 0 aromatic carbocycles. The minimum atomic E-state index is -3.71. The van der Waals surface area contributed by atoms with E-state index in [9.17, 15) is 18.7 Å². The van der Waals surface area contributed by atoms with Crippen molar-refractivity contribution in [1.82, 2.24) is 9.55 Å². The average molecular weight is 266 g/mol. The molecule has 0 spiro atoms. The highest BCUT2D eigenvalue weighted by Gasteiger charge is 2.59. The van der Waals surface area contributed by atoms with Gasteiger partial charge in [-0.2, -0.15) is 13.8 Å². The lowest BCUT2D eigenvalue weighted by Crippen LogP contribution is -2.41. The second kappa shape index (κ2) is 4.26. The van der Waals surface area contributed by atoms with Crippen LogP contribution in [0.2, 0.25) is 0 Å². The summed E-state index contributed by atoms with van der Waals surface area (Å²) in [4.78, 5) is 14.7. The first-order valence-electron chi connectivity index (χ1n) is 5.04. The molecule has 1 fully saturated rings. The number of hydrogen-bond acceptors (Lipinski definition) is 6. The van der Waals surface area contributed by atoms with Gasteiger partial charge in [0.15, 0.2) is 6.10 Å². The normalized spacial score (nSPS) is 30.6. The number of anilines is 1. The molecule has 1 aliphatic heterocycles. The van der Waals surface area contributed by atoms with Crippen LogP contribution in [0.3, 0.4) is 0 Å². The van der Waals surface area contributed by atoms with Crippen molar-refractivity contribution in [3.05, 3.63) is 22.7 Å². The Hall–Kier alpha value is -1.58. The Morgan fingerprint density at radius 2 is 2.28 bits per heavy atom. The number of hydrogen-bond donors (Lipinski definition) is 3. The minimum absolute atomic E-state index is 0.114. The van der Waals surface area contributed by atoms with Crippen LogP contribution in [0.4, 0.5) is 14.6 Å². The maximum atomic E-state index is 13.7. The maximum Gasteiger partial charge on any atom is 0.351 e. The van der Waals surface area contributed by atoms with Crippen molar-refractivity contribution in [2.75, 3.05) is 12.3 Å². The molecule has 100 valence electrons. The molecule has 4 N–H and O–H groups in total. The third kappa shape index (κ3) is 1.85. The third-order valence-electron chi connectivity index (χ3n) is 2.66. The highest BCUT2D eigenvalue weighted by atomic mass is 19.3. The molecule has 0 radical (unpaired) electrons. The fourth-order valence-electron chi connectivity index (χ4n) is 1.72. The molecule has 0 amide bonds. The van der Waals surface area contributed by atoms with Gasteiger partial charge in [0, 0.05) is 6.20 Å². The van der Waals surface area contributed by atoms with E-state index in [0.717, 1.165) is 12.3 Å². The largest absolute Gasteiger partial charge is 0.394 e. The zero-order valence-electron chi connectivity index (χ0n) is 9.03. The zero-order chi connectivity index (χ0) is 13.5. The van der Waals surface area contributed by atoms with Crippen molar-refractivity contribution in [3.8, 4) is 0 Å². The molecule has 9 heteroatoms. The van der Waals surface area contributed by atoms with Gasteiger partial charge in [-0.1, -0.05) is 0 Å². The Labute approximate surface area is 99.4 Å². The van der Waals surface area contributed by atoms with Gasteiger partial charge >= 0.3 is 11.6 Å². The van der Waals surface area contributed by atoms with E-state index >= 15 is 0 Å². The number of nitrogens with zero attached hydrogens (tertiary/aromatic N) is 2. The Balaban J connectivity index is 2.42. The highest BCUT2D eigenvalue weighted by Crippen LogP contribution is 2.41. The number of ether oxygens (including phenoxy) is 1. The molecule has 1 aliphatic rings. The third-order valence-corrected chi connectivity index (χ3v) is 2.66. The van der Waals surface area contributed by atoms with Crippen LogP contribution in [0.1, 0.15) is 6.23 Å². The topological polar surface area (TPSA) is 111 Å². The van der Waals surface area contributed by atoms with Crippen molar-refractivity contribution in [3.63, 3.8) is 0 Å². The van der Waals surface area contributed by atoms with E-state index < -0.39 is 36.7 Å². The van der Waals surface area contributed by atoms with Gasteiger partial charge in [-0.3, -0.25) is 4.57 Å². The van der Waals surface area contributed by atoms with Crippen molar-refractivity contribution in [1.29, 1.82) is 0 Å². The molecule has 3 atom stereocenters. The molecule has 0 bridgehead atoms. The fraction of sp³-hybridized carbons (Fsp3) is 0.556. The molecule has 2 rings (SSSR count). The molecule has 2 heterocycles. The number of nitrogen functional groups attached to an aromatic ring is 1. The number of rotatable bonds is 2. The first kappa shape index (κ1) is 12.9. The van der Waals surface area contributed by atoms with Gasteiger partial charge in [-0.15, -0.1) is 0 Å². The predicted octanol–water partition coefficient (Wildman–Crippen LogP) is -1.29. The van der Waals surface area contributed by atoms with Gasteiger partial charge in [0.05, 0.1) is 6.61 Å². The van der Waals surface area contributed by atoms with Crippen LogP contribution in [0.25, 0.3) is 0 Å². The van der Waals surface area contributed by atoms with Crippen LogP contribution in [0.15, 0.2) is 17.1 Å². The van der Waals surface area contributed by atoms with E-state index in [1.807, 2.05) is 0 Å². The number of alkyl halides is 2. The lowest BCUT2D eigenvalue weighted by atomic mass is 10.1. The van der Waals surface area contributed by atoms with E-state index in [1.165, 1.54) is 0 Å². The first-order chi connectivity index (χ1) is 8.37. The van der Waals surface area contributed by atoms with E-state index in [0.29, 0.717) is 4.57 Å². The lowest BCUT2D eigenvalue weighted by Gasteiger charge is -2.20. The average Bonchev–Trinajstić information content (AvgIpc) is 2.52. The van der Waals surface area contributed by atoms with Crippen molar-refractivity contribution >= 4 is 5.82 Å². The zero-order valence-corrected chi connectivity index (χ0v) is 9.03. The summed E-state index contributed by atoms with van der Waals surface area (Å²) in [6.45, 7) is -0.787. The Bertz CT molecular complexity index is 507. The first-order valence-corrected chi connectivity index (χ1v) is 5.04. The molecule has 0 aliphatic carbocycles. The molecular weight excluding hydrogens is 255 g/mol. The number of aliphatic hydroxyl groups is 2. The smallest absolute Gasteiger partial charge is 0.351 e. The van der Waals surface area contributed by atoms with E-state index in [2.05, 4.69) is 4.98 Å². The molecule has 0 saturated carbocycles. The highest BCUT2D eigenvalue weighted by molar-refractivity contribution is 5.23. The van der Waals surface area contributed by atoms with Gasteiger partial charge in [0.1, 0.15) is 11.9 Å². The fourth-order valence-corrected chi connectivity index (χ4v) is 1.72. The Morgan fingerprint density at radius 3 is 2.78 bits per heavy atom. The summed E-state index contributed by atoms with van der Waals surface area (Å²) < 4.78 is 32.7. The van der Waals surface area contributed by atoms with Gasteiger partial charge in [-0.05, 0) is 6.07 Å². The van der Waals surface area contributed by atoms with Crippen LogP contribution in [-0.4, -0.2) is 44.5 Å². The molecule has 7 nitrogen and oxygen atoms in total. The standard InChI is InChI=1S/C9H11F2N3O4/c10-9(11)6(16)4(3-15)18-7(9)14-2-1-5(12)13-8(14)17/h1-2,4,6-7,15-16H,3H2,(H2,12,13,17)/t4-,6-,7+/m1/s1/i8+1,13+1,14+1. The Morgan fingerprint density at radius 1 is 1.61 bits per heavy atom. The molecule has 1 aromatic rings.